The van der Waals surface area contributed by atoms with Crippen molar-refractivity contribution in [2.24, 2.45) is 5.73 Å². The molecule has 1 saturated heterocycles. The van der Waals surface area contributed by atoms with Crippen LogP contribution in [0.15, 0.2) is 22.7 Å². The summed E-state index contributed by atoms with van der Waals surface area (Å²) in [5.41, 5.74) is 7.07. The molecule has 0 bridgehead atoms. The number of halogens is 1. The number of nitrogens with two attached hydrogens (primary N) is 1. The second-order valence-electron chi connectivity index (χ2n) is 5.62. The predicted molar refractivity (Wildman–Crippen MR) is 90.8 cm³/mol. The first-order chi connectivity index (χ1) is 10.1. The van der Waals surface area contributed by atoms with Gasteiger partial charge in [-0.25, -0.2) is 0 Å². The fourth-order valence-corrected chi connectivity index (χ4v) is 3.25. The van der Waals surface area contributed by atoms with Crippen molar-refractivity contribution in [2.75, 3.05) is 24.5 Å². The average Bonchev–Trinajstić information content (AvgIpc) is 2.47. The molecule has 2 rings (SSSR count). The smallest absolute Gasteiger partial charge is 0.250 e. The lowest BCUT2D eigenvalue weighted by molar-refractivity contribution is 0.100. The van der Waals surface area contributed by atoms with Crippen molar-refractivity contribution in [3.8, 4) is 0 Å². The Morgan fingerprint density at radius 1 is 1.48 bits per heavy atom. The molecule has 1 fully saturated rings. The molecule has 1 aliphatic rings. The number of nitrogens with one attached hydrogen (secondary N) is 1. The number of piperidine rings is 1. The number of hydrogen-bond acceptors (Lipinski definition) is 3. The monoisotopic (exact) mass is 353 g/mol. The largest absolute Gasteiger partial charge is 0.369 e. The predicted octanol–water partition coefficient (Wildman–Crippen LogP) is 2.91. The van der Waals surface area contributed by atoms with E-state index in [4.69, 9.17) is 5.73 Å². The fourth-order valence-electron chi connectivity index (χ4n) is 2.90. The normalized spacial score (nSPS) is 18.5. The summed E-state index contributed by atoms with van der Waals surface area (Å²) in [6.45, 7) is 5.09. The van der Waals surface area contributed by atoms with Gasteiger partial charge in [0.25, 0.3) is 5.91 Å². The summed E-state index contributed by atoms with van der Waals surface area (Å²) >= 11 is 3.50. The van der Waals surface area contributed by atoms with Gasteiger partial charge < -0.3 is 16.0 Å². The third-order valence-corrected chi connectivity index (χ3v) is 4.41. The van der Waals surface area contributed by atoms with Crippen LogP contribution in [0.3, 0.4) is 0 Å². The van der Waals surface area contributed by atoms with Crippen LogP contribution in [0, 0.1) is 0 Å². The van der Waals surface area contributed by atoms with Crippen molar-refractivity contribution < 1.29 is 4.79 Å². The van der Waals surface area contributed by atoms with E-state index in [1.54, 1.807) is 6.07 Å². The van der Waals surface area contributed by atoms with Crippen molar-refractivity contribution in [1.82, 2.24) is 5.32 Å². The van der Waals surface area contributed by atoms with Gasteiger partial charge in [0.1, 0.15) is 0 Å². The molecule has 0 radical (unpaired) electrons. The van der Waals surface area contributed by atoms with Crippen molar-refractivity contribution >= 4 is 27.5 Å². The minimum absolute atomic E-state index is 0.366. The fraction of sp³-hybridized carbons (Fsp3) is 0.562. The molecule has 0 aliphatic carbocycles. The molecule has 21 heavy (non-hydrogen) atoms. The highest BCUT2D eigenvalue weighted by atomic mass is 79.9. The molecule has 0 saturated carbocycles. The summed E-state index contributed by atoms with van der Waals surface area (Å²) < 4.78 is 0.972. The SMILES string of the molecule is CCCN(CC1CCCCN1)c1cc(Br)ccc1C(N)=O. The highest BCUT2D eigenvalue weighted by molar-refractivity contribution is 9.10. The summed E-state index contributed by atoms with van der Waals surface area (Å²) in [5.74, 6) is -0.366. The van der Waals surface area contributed by atoms with Crippen LogP contribution in [-0.4, -0.2) is 31.6 Å². The highest BCUT2D eigenvalue weighted by Crippen LogP contribution is 2.26. The Morgan fingerprint density at radius 3 is 2.90 bits per heavy atom. The van der Waals surface area contributed by atoms with Crippen LogP contribution in [0.4, 0.5) is 5.69 Å². The van der Waals surface area contributed by atoms with Crippen LogP contribution in [-0.2, 0) is 0 Å². The molecule has 4 nitrogen and oxygen atoms in total. The summed E-state index contributed by atoms with van der Waals surface area (Å²) in [5, 5.41) is 3.57. The summed E-state index contributed by atoms with van der Waals surface area (Å²) in [7, 11) is 0. The Bertz CT molecular complexity index is 486. The van der Waals surface area contributed by atoms with E-state index in [0.717, 1.165) is 36.2 Å². The van der Waals surface area contributed by atoms with Gasteiger partial charge in [-0.3, -0.25) is 4.79 Å². The van der Waals surface area contributed by atoms with Crippen molar-refractivity contribution in [1.29, 1.82) is 0 Å². The number of rotatable bonds is 6. The molecular weight excluding hydrogens is 330 g/mol. The van der Waals surface area contributed by atoms with E-state index in [-0.39, 0.29) is 5.91 Å². The van der Waals surface area contributed by atoms with Crippen LogP contribution in [0.25, 0.3) is 0 Å². The number of carbonyl (C=O) groups excluding carboxylic acids is 1. The van der Waals surface area contributed by atoms with Gasteiger partial charge in [-0.05, 0) is 44.0 Å². The molecule has 5 heteroatoms. The van der Waals surface area contributed by atoms with E-state index in [0.29, 0.717) is 11.6 Å². The van der Waals surface area contributed by atoms with E-state index >= 15 is 0 Å². The second-order valence-corrected chi connectivity index (χ2v) is 6.53. The van der Waals surface area contributed by atoms with Gasteiger partial charge in [-0.15, -0.1) is 0 Å². The number of nitrogens with zero attached hydrogens (tertiary/aromatic N) is 1. The van der Waals surface area contributed by atoms with Crippen molar-refractivity contribution in [3.05, 3.63) is 28.2 Å². The first-order valence-electron chi connectivity index (χ1n) is 7.69. The maximum atomic E-state index is 11.7. The van der Waals surface area contributed by atoms with E-state index in [2.05, 4.69) is 33.1 Å². The minimum atomic E-state index is -0.366. The lowest BCUT2D eigenvalue weighted by atomic mass is 10.0. The maximum Gasteiger partial charge on any atom is 0.250 e. The van der Waals surface area contributed by atoms with Crippen molar-refractivity contribution in [3.63, 3.8) is 0 Å². The molecule has 1 aromatic rings. The molecule has 1 unspecified atom stereocenters. The molecule has 0 spiro atoms. The van der Waals surface area contributed by atoms with Gasteiger partial charge in [-0.1, -0.05) is 29.3 Å². The number of carbonyl (C=O) groups is 1. The molecular formula is C16H24BrN3O. The van der Waals surface area contributed by atoms with Gasteiger partial charge in [0, 0.05) is 23.6 Å². The Hall–Kier alpha value is -1.07. The molecule has 1 atom stereocenters. The number of hydrogen-bond donors (Lipinski definition) is 2. The van der Waals surface area contributed by atoms with Crippen LogP contribution in [0.5, 0.6) is 0 Å². The van der Waals surface area contributed by atoms with Gasteiger partial charge >= 0.3 is 0 Å². The molecule has 1 aromatic carbocycles. The maximum absolute atomic E-state index is 11.7. The molecule has 3 N–H and O–H groups in total. The zero-order valence-corrected chi connectivity index (χ0v) is 14.2. The molecule has 1 amide bonds. The van der Waals surface area contributed by atoms with Crippen LogP contribution in [0.1, 0.15) is 43.0 Å². The highest BCUT2D eigenvalue weighted by Gasteiger charge is 2.20. The quantitative estimate of drug-likeness (QED) is 0.826. The second kappa shape index (κ2) is 7.80. The van der Waals surface area contributed by atoms with E-state index in [1.165, 1.54) is 19.3 Å². The Kier molecular flexibility index (Phi) is 6.06. The van der Waals surface area contributed by atoms with Gasteiger partial charge in [0.2, 0.25) is 0 Å². The Balaban J connectivity index is 2.23. The van der Waals surface area contributed by atoms with Gasteiger partial charge in [0.15, 0.2) is 0 Å². The van der Waals surface area contributed by atoms with Crippen LogP contribution < -0.4 is 16.0 Å². The summed E-state index contributed by atoms with van der Waals surface area (Å²) in [4.78, 5) is 14.0. The zero-order valence-electron chi connectivity index (χ0n) is 12.6. The summed E-state index contributed by atoms with van der Waals surface area (Å²) in [6, 6.07) is 6.16. The lowest BCUT2D eigenvalue weighted by Gasteiger charge is -2.33. The number of benzene rings is 1. The average molecular weight is 354 g/mol. The van der Waals surface area contributed by atoms with Gasteiger partial charge in [-0.2, -0.15) is 0 Å². The number of primary amides is 1. The minimum Gasteiger partial charge on any atom is -0.369 e. The number of anilines is 1. The molecule has 0 aromatic heterocycles. The lowest BCUT2D eigenvalue weighted by Crippen LogP contribution is -2.44. The molecule has 1 heterocycles. The van der Waals surface area contributed by atoms with Gasteiger partial charge in [0.05, 0.1) is 11.3 Å². The van der Waals surface area contributed by atoms with E-state index in [9.17, 15) is 4.79 Å². The van der Waals surface area contributed by atoms with E-state index in [1.807, 2.05) is 12.1 Å². The van der Waals surface area contributed by atoms with E-state index < -0.39 is 0 Å². The zero-order chi connectivity index (χ0) is 15.2. The standard InChI is InChI=1S/C16H24BrN3O/c1-2-9-20(11-13-5-3-4-8-19-13)15-10-12(17)6-7-14(15)16(18)21/h6-7,10,13,19H,2-5,8-9,11H2,1H3,(H2,18,21). The Morgan fingerprint density at radius 2 is 2.29 bits per heavy atom. The van der Waals surface area contributed by atoms with Crippen LogP contribution >= 0.6 is 15.9 Å². The summed E-state index contributed by atoms with van der Waals surface area (Å²) in [6.07, 6.45) is 4.77. The third kappa shape index (κ3) is 4.45. The first-order valence-corrected chi connectivity index (χ1v) is 8.48. The third-order valence-electron chi connectivity index (χ3n) is 3.91. The Labute approximate surface area is 135 Å². The van der Waals surface area contributed by atoms with Crippen molar-refractivity contribution in [2.45, 2.75) is 38.6 Å². The van der Waals surface area contributed by atoms with Crippen LogP contribution in [0.2, 0.25) is 0 Å². The first kappa shape index (κ1) is 16.3. The number of amides is 1. The topological polar surface area (TPSA) is 58.4 Å². The molecule has 1 aliphatic heterocycles. The molecule has 116 valence electrons.